The molecule has 0 atom stereocenters. The molecule has 0 unspecified atom stereocenters. The van der Waals surface area contributed by atoms with Gasteiger partial charge in [0.2, 0.25) is 0 Å². The maximum Gasteiger partial charge on any atom is 0.126 e. The molecule has 0 spiro atoms. The number of rotatable bonds is 3. The third kappa shape index (κ3) is 2.04. The zero-order valence-electron chi connectivity index (χ0n) is 8.09. The highest BCUT2D eigenvalue weighted by Gasteiger charge is 2.37. The molecule has 76 valence electrons. The fraction of sp³-hybridized carbons (Fsp3) is 0.455. The topological polar surface area (TPSA) is 52.0 Å². The van der Waals surface area contributed by atoms with E-state index in [2.05, 4.69) is 0 Å². The first-order valence-corrected chi connectivity index (χ1v) is 4.92. The molecule has 0 bridgehead atoms. The molecule has 1 aliphatic rings. The molecule has 2 rings (SSSR count). The molecule has 0 radical (unpaired) electrons. The molecule has 0 saturated heterocycles. The van der Waals surface area contributed by atoms with Crippen molar-refractivity contribution in [3.8, 4) is 0 Å². The van der Waals surface area contributed by atoms with Crippen molar-refractivity contribution in [1.82, 2.24) is 0 Å². The smallest absolute Gasteiger partial charge is 0.126 e. The van der Waals surface area contributed by atoms with Gasteiger partial charge < -0.3 is 11.5 Å². The molecule has 1 saturated carbocycles. The van der Waals surface area contributed by atoms with Crippen molar-refractivity contribution in [2.24, 2.45) is 5.73 Å². The van der Waals surface area contributed by atoms with Crippen LogP contribution in [0.3, 0.4) is 0 Å². The van der Waals surface area contributed by atoms with E-state index >= 15 is 0 Å². The van der Waals surface area contributed by atoms with Crippen molar-refractivity contribution in [3.05, 3.63) is 29.6 Å². The minimum atomic E-state index is -0.177. The molecule has 1 fully saturated rings. The fourth-order valence-electron chi connectivity index (χ4n) is 1.58. The maximum atomic E-state index is 13.3. The standard InChI is InChI=1S/C11H15FN2/c12-10-2-1-9(13)7-8(10)3-4-11(14)5-6-11/h1-2,7H,3-6,13-14H2. The van der Waals surface area contributed by atoms with E-state index in [9.17, 15) is 4.39 Å². The highest BCUT2D eigenvalue weighted by atomic mass is 19.1. The summed E-state index contributed by atoms with van der Waals surface area (Å²) in [7, 11) is 0. The van der Waals surface area contributed by atoms with Gasteiger partial charge in [-0.05, 0) is 49.4 Å². The zero-order chi connectivity index (χ0) is 10.2. The molecular formula is C11H15FN2. The lowest BCUT2D eigenvalue weighted by molar-refractivity contribution is 0.571. The van der Waals surface area contributed by atoms with Crippen LogP contribution in [-0.4, -0.2) is 5.54 Å². The summed E-state index contributed by atoms with van der Waals surface area (Å²) >= 11 is 0. The number of hydrogen-bond acceptors (Lipinski definition) is 2. The summed E-state index contributed by atoms with van der Waals surface area (Å²) < 4.78 is 13.3. The molecule has 0 heterocycles. The summed E-state index contributed by atoms with van der Waals surface area (Å²) in [5, 5.41) is 0. The van der Waals surface area contributed by atoms with E-state index in [0.717, 1.165) is 19.3 Å². The molecule has 4 N–H and O–H groups in total. The van der Waals surface area contributed by atoms with Crippen LogP contribution in [-0.2, 0) is 6.42 Å². The van der Waals surface area contributed by atoms with Gasteiger partial charge in [-0.2, -0.15) is 0 Å². The lowest BCUT2D eigenvalue weighted by atomic mass is 10.0. The largest absolute Gasteiger partial charge is 0.399 e. The highest BCUT2D eigenvalue weighted by molar-refractivity contribution is 5.41. The number of benzene rings is 1. The van der Waals surface area contributed by atoms with E-state index in [0.29, 0.717) is 17.7 Å². The van der Waals surface area contributed by atoms with E-state index < -0.39 is 0 Å². The summed E-state index contributed by atoms with van der Waals surface area (Å²) in [6, 6.07) is 4.69. The van der Waals surface area contributed by atoms with Crippen LogP contribution < -0.4 is 11.5 Å². The number of halogens is 1. The second-order valence-corrected chi connectivity index (χ2v) is 4.21. The number of nitrogens with two attached hydrogens (primary N) is 2. The average molecular weight is 194 g/mol. The first kappa shape index (κ1) is 9.46. The Hall–Kier alpha value is -1.09. The van der Waals surface area contributed by atoms with Gasteiger partial charge in [0, 0.05) is 11.2 Å². The molecule has 1 aliphatic carbocycles. The Morgan fingerprint density at radius 1 is 1.36 bits per heavy atom. The van der Waals surface area contributed by atoms with Gasteiger partial charge >= 0.3 is 0 Å². The summed E-state index contributed by atoms with van der Waals surface area (Å²) in [4.78, 5) is 0. The van der Waals surface area contributed by atoms with Gasteiger partial charge in [-0.3, -0.25) is 0 Å². The number of nitrogen functional groups attached to an aromatic ring is 1. The lowest BCUT2D eigenvalue weighted by Crippen LogP contribution is -2.22. The van der Waals surface area contributed by atoms with Gasteiger partial charge in [0.25, 0.3) is 0 Å². The molecule has 14 heavy (non-hydrogen) atoms. The van der Waals surface area contributed by atoms with E-state index in [4.69, 9.17) is 11.5 Å². The zero-order valence-corrected chi connectivity index (χ0v) is 8.09. The molecule has 0 aliphatic heterocycles. The van der Waals surface area contributed by atoms with Crippen LogP contribution in [0.4, 0.5) is 10.1 Å². The van der Waals surface area contributed by atoms with E-state index in [-0.39, 0.29) is 11.4 Å². The van der Waals surface area contributed by atoms with E-state index in [1.54, 1.807) is 12.1 Å². The van der Waals surface area contributed by atoms with Crippen LogP contribution in [0, 0.1) is 5.82 Å². The molecule has 0 aromatic heterocycles. The second-order valence-electron chi connectivity index (χ2n) is 4.21. The van der Waals surface area contributed by atoms with Crippen molar-refractivity contribution >= 4 is 5.69 Å². The minimum Gasteiger partial charge on any atom is -0.399 e. The molecular weight excluding hydrogens is 179 g/mol. The first-order chi connectivity index (χ1) is 6.59. The lowest BCUT2D eigenvalue weighted by Gasteiger charge is -2.09. The third-order valence-corrected chi connectivity index (χ3v) is 2.85. The maximum absolute atomic E-state index is 13.3. The van der Waals surface area contributed by atoms with Crippen molar-refractivity contribution in [2.45, 2.75) is 31.2 Å². The summed E-state index contributed by atoms with van der Waals surface area (Å²) in [6.45, 7) is 0. The van der Waals surface area contributed by atoms with Crippen molar-refractivity contribution < 1.29 is 4.39 Å². The van der Waals surface area contributed by atoms with Crippen molar-refractivity contribution in [1.29, 1.82) is 0 Å². The Bertz CT molecular complexity index is 345. The minimum absolute atomic E-state index is 0.0168. The monoisotopic (exact) mass is 194 g/mol. The quantitative estimate of drug-likeness (QED) is 0.721. The van der Waals surface area contributed by atoms with Gasteiger partial charge in [0.05, 0.1) is 0 Å². The second kappa shape index (κ2) is 3.24. The summed E-state index contributed by atoms with van der Waals surface area (Å²) in [5.41, 5.74) is 12.8. The van der Waals surface area contributed by atoms with Gasteiger partial charge in [0.1, 0.15) is 5.82 Å². The summed E-state index contributed by atoms with van der Waals surface area (Å²) in [5.74, 6) is -0.177. The Kier molecular flexibility index (Phi) is 2.19. The van der Waals surface area contributed by atoms with Crippen LogP contribution in [0.15, 0.2) is 18.2 Å². The Labute approximate surface area is 83.1 Å². The van der Waals surface area contributed by atoms with Gasteiger partial charge in [0.15, 0.2) is 0 Å². The van der Waals surface area contributed by atoms with Gasteiger partial charge in [-0.1, -0.05) is 0 Å². The van der Waals surface area contributed by atoms with E-state index in [1.165, 1.54) is 6.07 Å². The van der Waals surface area contributed by atoms with Gasteiger partial charge in [-0.25, -0.2) is 4.39 Å². The predicted octanol–water partition coefficient (Wildman–Crippen LogP) is 1.83. The number of hydrogen-bond donors (Lipinski definition) is 2. The van der Waals surface area contributed by atoms with Crippen molar-refractivity contribution in [3.63, 3.8) is 0 Å². The van der Waals surface area contributed by atoms with Crippen LogP contribution in [0.5, 0.6) is 0 Å². The third-order valence-electron chi connectivity index (χ3n) is 2.85. The Morgan fingerprint density at radius 2 is 2.07 bits per heavy atom. The Balaban J connectivity index is 2.04. The van der Waals surface area contributed by atoms with Gasteiger partial charge in [-0.15, -0.1) is 0 Å². The SMILES string of the molecule is Nc1ccc(F)c(CCC2(N)CC2)c1. The van der Waals surface area contributed by atoms with Crippen molar-refractivity contribution in [2.75, 3.05) is 5.73 Å². The fourth-order valence-corrected chi connectivity index (χ4v) is 1.58. The van der Waals surface area contributed by atoms with Crippen LogP contribution >= 0.6 is 0 Å². The average Bonchev–Trinajstić information content (AvgIpc) is 2.87. The highest BCUT2D eigenvalue weighted by Crippen LogP contribution is 2.36. The molecule has 0 amide bonds. The summed E-state index contributed by atoms with van der Waals surface area (Å²) in [6.07, 6.45) is 3.68. The van der Waals surface area contributed by atoms with Crippen LogP contribution in [0.1, 0.15) is 24.8 Å². The van der Waals surface area contributed by atoms with E-state index in [1.807, 2.05) is 0 Å². The first-order valence-electron chi connectivity index (χ1n) is 4.92. The van der Waals surface area contributed by atoms with Crippen LogP contribution in [0.2, 0.25) is 0 Å². The molecule has 1 aromatic carbocycles. The molecule has 3 heteroatoms. The molecule has 2 nitrogen and oxygen atoms in total. The normalized spacial score (nSPS) is 18.1. The van der Waals surface area contributed by atoms with Crippen LogP contribution in [0.25, 0.3) is 0 Å². The Morgan fingerprint density at radius 3 is 2.71 bits per heavy atom. The predicted molar refractivity (Wildman–Crippen MR) is 55.3 cm³/mol. The number of anilines is 1. The molecule has 1 aromatic rings. The number of aryl methyl sites for hydroxylation is 1.